The fourth-order valence-corrected chi connectivity index (χ4v) is 3.66. The Kier molecular flexibility index (Phi) is 7.58. The second kappa shape index (κ2) is 8.67. The number of nitrogens with zero attached hydrogens (tertiary/aromatic N) is 2. The number of rotatable bonds is 9. The van der Waals surface area contributed by atoms with Crippen molar-refractivity contribution in [1.82, 2.24) is 8.61 Å². The summed E-state index contributed by atoms with van der Waals surface area (Å²) in [6.45, 7) is 3.60. The summed E-state index contributed by atoms with van der Waals surface area (Å²) in [5, 5.41) is 8.55. The highest BCUT2D eigenvalue weighted by atomic mass is 32.2. The minimum absolute atomic E-state index is 0.0156. The zero-order valence-electron chi connectivity index (χ0n) is 12.8. The Balaban J connectivity index is 2.39. The molecule has 0 atom stereocenters. The highest BCUT2D eigenvalue weighted by molar-refractivity contribution is 7.86. The van der Waals surface area contributed by atoms with Gasteiger partial charge in [0, 0.05) is 26.7 Å². The van der Waals surface area contributed by atoms with Crippen LogP contribution in [-0.4, -0.2) is 67.5 Å². The molecule has 0 aliphatic carbocycles. The van der Waals surface area contributed by atoms with Crippen molar-refractivity contribution in [2.45, 2.75) is 45.1 Å². The highest BCUT2D eigenvalue weighted by Crippen LogP contribution is 2.18. The average molecular weight is 322 g/mol. The van der Waals surface area contributed by atoms with Crippen LogP contribution in [0.3, 0.4) is 0 Å². The van der Waals surface area contributed by atoms with Crippen molar-refractivity contribution in [2.24, 2.45) is 0 Å². The fraction of sp³-hybridized carbons (Fsp3) is 0.923. The second-order valence-electron chi connectivity index (χ2n) is 5.30. The highest BCUT2D eigenvalue weighted by Gasteiger charge is 2.31. The van der Waals surface area contributed by atoms with Gasteiger partial charge in [-0.3, -0.25) is 4.79 Å². The third-order valence-corrected chi connectivity index (χ3v) is 5.61. The number of hydrogen-bond acceptors (Lipinski definition) is 4. The van der Waals surface area contributed by atoms with Crippen LogP contribution in [0.5, 0.6) is 0 Å². The van der Waals surface area contributed by atoms with Gasteiger partial charge in [0.25, 0.3) is 10.2 Å². The van der Waals surface area contributed by atoms with Gasteiger partial charge in [-0.15, -0.1) is 0 Å². The predicted molar refractivity (Wildman–Crippen MR) is 79.3 cm³/mol. The van der Waals surface area contributed by atoms with Gasteiger partial charge < -0.3 is 9.84 Å². The molecular weight excluding hydrogens is 296 g/mol. The van der Waals surface area contributed by atoms with Crippen LogP contribution < -0.4 is 0 Å². The third-order valence-electron chi connectivity index (χ3n) is 3.62. The van der Waals surface area contributed by atoms with E-state index in [0.717, 1.165) is 12.8 Å². The molecule has 0 bridgehead atoms. The SMILES string of the molecule is CCCCN(C)S(=O)(=O)N1CCC(OCCC(=O)O)CC1. The van der Waals surface area contributed by atoms with Crippen molar-refractivity contribution in [3.8, 4) is 0 Å². The van der Waals surface area contributed by atoms with E-state index < -0.39 is 16.2 Å². The molecule has 0 saturated carbocycles. The average Bonchev–Trinajstić information content (AvgIpc) is 2.44. The molecule has 21 heavy (non-hydrogen) atoms. The van der Waals surface area contributed by atoms with Gasteiger partial charge >= 0.3 is 5.97 Å². The molecule has 0 amide bonds. The predicted octanol–water partition coefficient (Wildman–Crippen LogP) is 0.919. The van der Waals surface area contributed by atoms with Crippen LogP contribution in [0.1, 0.15) is 39.0 Å². The number of aliphatic carboxylic acids is 1. The molecular formula is C13H26N2O5S. The first-order valence-electron chi connectivity index (χ1n) is 7.42. The van der Waals surface area contributed by atoms with Crippen LogP contribution in [0.2, 0.25) is 0 Å². The summed E-state index contributed by atoms with van der Waals surface area (Å²) in [5.41, 5.74) is 0. The molecule has 8 heteroatoms. The normalized spacial score (nSPS) is 18.2. The summed E-state index contributed by atoms with van der Waals surface area (Å²) < 4.78 is 33.0. The van der Waals surface area contributed by atoms with Crippen molar-refractivity contribution in [3.63, 3.8) is 0 Å². The van der Waals surface area contributed by atoms with E-state index in [2.05, 4.69) is 0 Å². The van der Waals surface area contributed by atoms with Crippen LogP contribution >= 0.6 is 0 Å². The summed E-state index contributed by atoms with van der Waals surface area (Å²) in [6, 6.07) is 0. The first-order chi connectivity index (χ1) is 9.87. The van der Waals surface area contributed by atoms with Crippen molar-refractivity contribution in [2.75, 3.05) is 33.3 Å². The fourth-order valence-electron chi connectivity index (χ4n) is 2.24. The molecule has 0 radical (unpaired) electrons. The minimum atomic E-state index is -3.37. The molecule has 1 heterocycles. The van der Waals surface area contributed by atoms with E-state index in [1.807, 2.05) is 6.92 Å². The molecule has 7 nitrogen and oxygen atoms in total. The molecule has 0 unspecified atom stereocenters. The molecule has 124 valence electrons. The topological polar surface area (TPSA) is 87.2 Å². The van der Waals surface area contributed by atoms with E-state index in [4.69, 9.17) is 9.84 Å². The molecule has 1 aliphatic rings. The van der Waals surface area contributed by atoms with Crippen molar-refractivity contribution in [3.05, 3.63) is 0 Å². The molecule has 1 fully saturated rings. The number of unbranched alkanes of at least 4 members (excludes halogenated alkanes) is 1. The summed E-state index contributed by atoms with van der Waals surface area (Å²) in [4.78, 5) is 10.4. The lowest BCUT2D eigenvalue weighted by molar-refractivity contribution is -0.138. The van der Waals surface area contributed by atoms with Gasteiger partial charge in [0.1, 0.15) is 0 Å². The Bertz CT molecular complexity index is 418. The largest absolute Gasteiger partial charge is 0.481 e. The summed E-state index contributed by atoms with van der Waals surface area (Å²) in [7, 11) is -1.76. The summed E-state index contributed by atoms with van der Waals surface area (Å²) in [6.07, 6.45) is 2.97. The van der Waals surface area contributed by atoms with Gasteiger partial charge in [-0.05, 0) is 19.3 Å². The number of ether oxygens (including phenoxy) is 1. The lowest BCUT2D eigenvalue weighted by atomic mass is 10.1. The number of carboxylic acids is 1. The molecule has 0 spiro atoms. The van der Waals surface area contributed by atoms with E-state index in [1.54, 1.807) is 7.05 Å². The summed E-state index contributed by atoms with van der Waals surface area (Å²) in [5.74, 6) is -0.882. The Morgan fingerprint density at radius 3 is 2.52 bits per heavy atom. The number of piperidine rings is 1. The standard InChI is InChI=1S/C13H26N2O5S/c1-3-4-8-14(2)21(18,19)15-9-5-12(6-10-15)20-11-7-13(16)17/h12H,3-11H2,1-2H3,(H,16,17). The quantitative estimate of drug-likeness (QED) is 0.682. The minimum Gasteiger partial charge on any atom is -0.481 e. The maximum Gasteiger partial charge on any atom is 0.305 e. The molecule has 1 aliphatic heterocycles. The lowest BCUT2D eigenvalue weighted by Crippen LogP contribution is -2.47. The van der Waals surface area contributed by atoms with Gasteiger partial charge in [-0.2, -0.15) is 17.0 Å². The van der Waals surface area contributed by atoms with Crippen molar-refractivity contribution >= 4 is 16.2 Å². The first-order valence-corrected chi connectivity index (χ1v) is 8.82. The van der Waals surface area contributed by atoms with E-state index in [1.165, 1.54) is 8.61 Å². The Morgan fingerprint density at radius 2 is 2.00 bits per heavy atom. The van der Waals surface area contributed by atoms with Gasteiger partial charge in [-0.25, -0.2) is 0 Å². The number of carbonyl (C=O) groups is 1. The molecule has 1 N–H and O–H groups in total. The van der Waals surface area contributed by atoms with Gasteiger partial charge in [0.2, 0.25) is 0 Å². The van der Waals surface area contributed by atoms with Crippen molar-refractivity contribution < 1.29 is 23.1 Å². The monoisotopic (exact) mass is 322 g/mol. The zero-order chi connectivity index (χ0) is 15.9. The van der Waals surface area contributed by atoms with Crippen LogP contribution in [0.25, 0.3) is 0 Å². The summed E-state index contributed by atoms with van der Waals surface area (Å²) >= 11 is 0. The molecule has 1 saturated heterocycles. The van der Waals surface area contributed by atoms with Crippen LogP contribution in [0.4, 0.5) is 0 Å². The smallest absolute Gasteiger partial charge is 0.305 e. The lowest BCUT2D eigenvalue weighted by Gasteiger charge is -2.33. The van der Waals surface area contributed by atoms with Crippen LogP contribution in [0.15, 0.2) is 0 Å². The molecule has 0 aromatic rings. The third kappa shape index (κ3) is 5.90. The Morgan fingerprint density at radius 1 is 1.38 bits per heavy atom. The molecule has 0 aromatic heterocycles. The van der Waals surface area contributed by atoms with Gasteiger partial charge in [0.15, 0.2) is 0 Å². The van der Waals surface area contributed by atoms with E-state index in [9.17, 15) is 13.2 Å². The maximum atomic E-state index is 12.3. The molecule has 0 aromatic carbocycles. The van der Waals surface area contributed by atoms with Crippen molar-refractivity contribution in [1.29, 1.82) is 0 Å². The van der Waals surface area contributed by atoms with Gasteiger partial charge in [-0.1, -0.05) is 13.3 Å². The second-order valence-corrected chi connectivity index (χ2v) is 7.33. The van der Waals surface area contributed by atoms with Crippen LogP contribution in [-0.2, 0) is 19.7 Å². The Labute approximate surface area is 127 Å². The number of carboxylic acid groups (broad SMARTS) is 1. The first kappa shape index (κ1) is 18.3. The van der Waals surface area contributed by atoms with E-state index in [-0.39, 0.29) is 19.1 Å². The van der Waals surface area contributed by atoms with E-state index >= 15 is 0 Å². The number of hydrogen-bond donors (Lipinski definition) is 1. The molecule has 1 rings (SSSR count). The maximum absolute atomic E-state index is 12.3. The van der Waals surface area contributed by atoms with Crippen LogP contribution in [0, 0.1) is 0 Å². The Hall–Kier alpha value is -0.700. The van der Waals surface area contributed by atoms with E-state index in [0.29, 0.717) is 32.5 Å². The zero-order valence-corrected chi connectivity index (χ0v) is 13.6. The van der Waals surface area contributed by atoms with Gasteiger partial charge in [0.05, 0.1) is 19.1 Å².